The second kappa shape index (κ2) is 16.7. The largest absolute Gasteiger partial charge is 0.456 e. The number of rotatable bonds is 7. The van der Waals surface area contributed by atoms with Crippen LogP contribution in [0.3, 0.4) is 0 Å². The minimum Gasteiger partial charge on any atom is -0.456 e. The van der Waals surface area contributed by atoms with Crippen LogP contribution in [-0.4, -0.2) is 19.5 Å². The third-order valence-corrected chi connectivity index (χ3v) is 14.0. The topological polar surface area (TPSA) is 56.7 Å². The van der Waals surface area contributed by atoms with Gasteiger partial charge in [-0.1, -0.05) is 193 Å². The van der Waals surface area contributed by atoms with E-state index in [9.17, 15) is 0 Å². The lowest BCUT2D eigenvalue weighted by Crippen LogP contribution is -2.15. The van der Waals surface area contributed by atoms with Gasteiger partial charge >= 0.3 is 0 Å². The predicted octanol–water partition coefficient (Wildman–Crippen LogP) is 17.0. The monoisotopic (exact) mass is 904 g/mol. The molecular weight excluding hydrogens is 853 g/mol. The number of hydrogen-bond acceptors (Lipinski definition) is 4. The van der Waals surface area contributed by atoms with Gasteiger partial charge in [0.25, 0.3) is 0 Å². The highest BCUT2D eigenvalue weighted by molar-refractivity contribution is 6.12. The molecule has 1 aliphatic rings. The number of aromatic nitrogens is 4. The van der Waals surface area contributed by atoms with Gasteiger partial charge in [0, 0.05) is 60.8 Å². The number of benzene rings is 7. The molecule has 70 heavy (non-hydrogen) atoms. The van der Waals surface area contributed by atoms with Crippen molar-refractivity contribution in [2.45, 2.75) is 59.8 Å². The number of nitrogens with zero attached hydrogens (tertiary/aromatic N) is 4. The van der Waals surface area contributed by atoms with Crippen molar-refractivity contribution in [3.8, 4) is 73.2 Å². The van der Waals surface area contributed by atoms with Gasteiger partial charge in [0.05, 0.1) is 11.2 Å². The molecule has 338 valence electrons. The molecule has 0 aliphatic heterocycles. The molecule has 0 amide bonds. The summed E-state index contributed by atoms with van der Waals surface area (Å²) in [5.74, 6) is 1.71. The fourth-order valence-corrected chi connectivity index (χ4v) is 10.3. The third-order valence-electron chi connectivity index (χ3n) is 14.0. The van der Waals surface area contributed by atoms with Crippen molar-refractivity contribution < 1.29 is 4.42 Å². The van der Waals surface area contributed by atoms with Crippen molar-refractivity contribution in [3.63, 3.8) is 0 Å². The van der Waals surface area contributed by atoms with Crippen LogP contribution in [0.15, 0.2) is 186 Å². The van der Waals surface area contributed by atoms with Gasteiger partial charge in [0.1, 0.15) is 11.2 Å². The Morgan fingerprint density at radius 3 is 1.89 bits per heavy atom. The summed E-state index contributed by atoms with van der Waals surface area (Å²) >= 11 is 0. The normalized spacial score (nSPS) is 12.9. The molecule has 3 heterocycles. The van der Waals surface area contributed by atoms with Crippen LogP contribution in [0.2, 0.25) is 0 Å². The third kappa shape index (κ3) is 7.57. The van der Waals surface area contributed by atoms with Crippen molar-refractivity contribution in [1.82, 2.24) is 19.5 Å². The molecule has 12 rings (SSSR count). The van der Waals surface area contributed by atoms with E-state index in [0.717, 1.165) is 90.5 Å². The van der Waals surface area contributed by atoms with Crippen molar-refractivity contribution in [1.29, 1.82) is 0 Å². The van der Waals surface area contributed by atoms with Crippen LogP contribution in [0, 0.1) is 17.5 Å². The fourth-order valence-electron chi connectivity index (χ4n) is 10.3. The molecule has 0 saturated carbocycles. The number of para-hydroxylation sites is 1. The first-order chi connectivity index (χ1) is 34.0. The molecule has 0 unspecified atom stereocenters. The number of allylic oxidation sites excluding steroid dienone is 1. The number of hydrogen-bond donors (Lipinski definition) is 0. The highest BCUT2D eigenvalue weighted by Gasteiger charge is 2.30. The Kier molecular flexibility index (Phi) is 10.3. The number of furan rings is 1. The van der Waals surface area contributed by atoms with E-state index in [-0.39, 0.29) is 10.8 Å². The van der Waals surface area contributed by atoms with Crippen LogP contribution in [0.25, 0.3) is 112 Å². The van der Waals surface area contributed by atoms with Gasteiger partial charge in [-0.15, -0.1) is 0 Å². The van der Waals surface area contributed by atoms with Gasteiger partial charge < -0.3 is 8.98 Å². The first kappa shape index (κ1) is 43.0. The van der Waals surface area contributed by atoms with E-state index in [1.807, 2.05) is 42.5 Å². The second-order valence-corrected chi connectivity index (χ2v) is 20.6. The Bertz CT molecular complexity index is 3750. The average molecular weight is 905 g/mol. The lowest BCUT2D eigenvalue weighted by Gasteiger charge is -2.28. The van der Waals surface area contributed by atoms with Crippen molar-refractivity contribution >= 4 is 38.9 Å². The maximum atomic E-state index is 6.41. The Labute approximate surface area is 409 Å². The quantitative estimate of drug-likeness (QED) is 0.160. The molecule has 1 aliphatic carbocycles. The van der Waals surface area contributed by atoms with Gasteiger partial charge in [-0.3, -0.25) is 0 Å². The molecule has 8 aromatic carbocycles. The van der Waals surface area contributed by atoms with Gasteiger partial charge in [-0.05, 0) is 94.5 Å². The van der Waals surface area contributed by atoms with Crippen LogP contribution in [-0.2, 0) is 11.8 Å². The summed E-state index contributed by atoms with van der Waals surface area (Å²) < 4.78 is 8.96. The first-order valence-corrected chi connectivity index (χ1v) is 24.3. The summed E-state index contributed by atoms with van der Waals surface area (Å²) in [4.78, 5) is 16.2. The van der Waals surface area contributed by atoms with Gasteiger partial charge in [0.2, 0.25) is 0 Å². The highest BCUT2D eigenvalue weighted by Crippen LogP contribution is 2.47. The van der Waals surface area contributed by atoms with Crippen LogP contribution >= 0.6 is 0 Å². The van der Waals surface area contributed by atoms with Crippen LogP contribution in [0.1, 0.15) is 64.8 Å². The lowest BCUT2D eigenvalue weighted by molar-refractivity contribution is 0.483. The predicted molar refractivity (Wildman–Crippen MR) is 289 cm³/mol. The van der Waals surface area contributed by atoms with E-state index in [2.05, 4.69) is 198 Å². The van der Waals surface area contributed by atoms with Gasteiger partial charge in [-0.2, -0.15) is 0 Å². The molecule has 3 aromatic heterocycles. The molecule has 0 spiro atoms. The summed E-state index contributed by atoms with van der Waals surface area (Å²) in [6, 6.07) is 68.6. The molecule has 11 aromatic rings. The molecule has 0 atom stereocenters. The summed E-state index contributed by atoms with van der Waals surface area (Å²) in [6.45, 7) is 13.9. The Morgan fingerprint density at radius 2 is 1.16 bits per heavy atom. The zero-order valence-corrected chi connectivity index (χ0v) is 40.4. The smallest absolute Gasteiger partial charge is 0.164 e. The van der Waals surface area contributed by atoms with E-state index in [0.29, 0.717) is 17.5 Å². The van der Waals surface area contributed by atoms with E-state index < -0.39 is 0 Å². The zero-order chi connectivity index (χ0) is 47.7. The van der Waals surface area contributed by atoms with Crippen molar-refractivity contribution in [2.75, 3.05) is 0 Å². The maximum Gasteiger partial charge on any atom is 0.164 e. The molecule has 5 nitrogen and oxygen atoms in total. The molecule has 0 bridgehead atoms. The maximum absolute atomic E-state index is 6.41. The van der Waals surface area contributed by atoms with E-state index in [1.54, 1.807) is 0 Å². The first-order valence-electron chi connectivity index (χ1n) is 24.3. The Morgan fingerprint density at radius 1 is 0.500 bits per heavy atom. The summed E-state index contributed by atoms with van der Waals surface area (Å²) in [6.07, 6.45) is 4.39. The molecule has 0 fully saturated rings. The molecule has 0 radical (unpaired) electrons. The van der Waals surface area contributed by atoms with E-state index >= 15 is 0 Å². The van der Waals surface area contributed by atoms with Gasteiger partial charge in [-0.25, -0.2) is 15.0 Å². The zero-order valence-electron chi connectivity index (χ0n) is 40.4. The minimum absolute atomic E-state index is 0.0202. The summed E-state index contributed by atoms with van der Waals surface area (Å²) in [7, 11) is 0. The van der Waals surface area contributed by atoms with Crippen LogP contribution in [0.4, 0.5) is 0 Å². The highest BCUT2D eigenvalue weighted by atomic mass is 16.3. The van der Waals surface area contributed by atoms with Crippen molar-refractivity contribution in [2.24, 2.45) is 5.41 Å². The molecule has 5 heteroatoms. The SMILES string of the molecule is CC(C)(C)C1=Cc2c(n(-c3c(-c4c#cccc4)cc(-c4nc(-c5ccc(-c6ccccc6)cc5)nc(-c5cccc6oc7ccccc7c56)n4)cc3-c3ccccc3)c3ccc(C(C)(C)C)cc23)CC1. The van der Waals surface area contributed by atoms with Crippen molar-refractivity contribution in [3.05, 3.63) is 210 Å². The lowest BCUT2D eigenvalue weighted by atomic mass is 9.79. The average Bonchev–Trinajstić information content (AvgIpc) is 3.94. The summed E-state index contributed by atoms with van der Waals surface area (Å²) in [5.41, 5.74) is 18.3. The standard InChI is InChI=1S/C65H52N4O/c1-64(2,3)47-33-35-55-53(39-47)54-40-48(65(4,5)6)34-36-56(54)69(55)60-51(43-21-12-8-13-22-43)37-46(38-52(60)44-23-14-9-15-24-44)62-66-61(45-31-29-42(30-32-45)41-19-10-7-11-20-41)67-63(68-62)50-26-18-28-58-59(50)49-25-16-17-27-57(49)70-58/h7-14,16-23,25-33,35,37-40H,34,36H2,1-6H3. The molecule has 0 N–H and O–H groups in total. The van der Waals surface area contributed by atoms with Crippen LogP contribution < -0.4 is 0 Å². The van der Waals surface area contributed by atoms with E-state index in [1.165, 1.54) is 33.3 Å². The molecule has 0 saturated heterocycles. The van der Waals surface area contributed by atoms with E-state index in [4.69, 9.17) is 19.4 Å². The minimum atomic E-state index is -0.0202. The van der Waals surface area contributed by atoms with Gasteiger partial charge in [0.15, 0.2) is 17.5 Å². The Hall–Kier alpha value is -8.33. The Balaban J connectivity index is 1.15. The summed E-state index contributed by atoms with van der Waals surface area (Å²) in [5, 5.41) is 3.25. The molecular formula is C65H52N4O. The fraction of sp³-hybridized carbons (Fsp3) is 0.154. The van der Waals surface area contributed by atoms with Crippen LogP contribution in [0.5, 0.6) is 0 Å². The number of fused-ring (bicyclic) bond motifs is 6. The second-order valence-electron chi connectivity index (χ2n) is 20.6.